The lowest BCUT2D eigenvalue weighted by molar-refractivity contribution is -0.132. The number of hydrogen-bond donors (Lipinski definition) is 0. The number of amides is 1. The van der Waals surface area contributed by atoms with E-state index in [1.807, 2.05) is 24.3 Å². The van der Waals surface area contributed by atoms with Gasteiger partial charge in [0.05, 0.1) is 10.7 Å². The smallest absolute Gasteiger partial charge is 0.368 e. The molecule has 29 heavy (non-hydrogen) atoms. The number of hydrogen-bond acceptors (Lipinski definition) is 5. The van der Waals surface area contributed by atoms with Crippen molar-refractivity contribution in [2.24, 2.45) is 0 Å². The lowest BCUT2D eigenvalue weighted by atomic mass is 10.2. The molecular weight excluding hydrogens is 415 g/mol. The first-order valence-electron chi connectivity index (χ1n) is 9.09. The minimum Gasteiger partial charge on any atom is -0.368 e. The van der Waals surface area contributed by atoms with E-state index in [2.05, 4.69) is 15.3 Å². The summed E-state index contributed by atoms with van der Waals surface area (Å²) in [4.78, 5) is 29.1. The summed E-state index contributed by atoms with van der Waals surface area (Å²) in [5.74, 6) is -0.177. The van der Waals surface area contributed by atoms with Gasteiger partial charge in [0.25, 0.3) is 0 Å². The van der Waals surface area contributed by atoms with Gasteiger partial charge in [-0.05, 0) is 40.8 Å². The van der Waals surface area contributed by atoms with Gasteiger partial charge in [-0.25, -0.2) is 4.79 Å². The van der Waals surface area contributed by atoms with E-state index >= 15 is 0 Å². The van der Waals surface area contributed by atoms with Crippen molar-refractivity contribution in [2.75, 3.05) is 31.1 Å². The van der Waals surface area contributed by atoms with Gasteiger partial charge in [-0.3, -0.25) is 4.79 Å². The van der Waals surface area contributed by atoms with Crippen LogP contribution in [0.3, 0.4) is 0 Å². The molecule has 1 aromatic heterocycles. The predicted molar refractivity (Wildman–Crippen MR) is 111 cm³/mol. The Labute approximate surface area is 176 Å². The number of carbonyl (C=O) groups is 1. The van der Waals surface area contributed by atoms with Crippen LogP contribution in [0.25, 0.3) is 5.69 Å². The van der Waals surface area contributed by atoms with Crippen molar-refractivity contribution in [1.29, 1.82) is 0 Å². The molecule has 0 spiro atoms. The van der Waals surface area contributed by atoms with Crippen molar-refractivity contribution in [3.05, 3.63) is 69.1 Å². The quantitative estimate of drug-likeness (QED) is 0.630. The van der Waals surface area contributed by atoms with E-state index in [4.69, 9.17) is 23.2 Å². The Morgan fingerprint density at radius 1 is 0.966 bits per heavy atom. The maximum Gasteiger partial charge on any atom is 0.369 e. The topological polar surface area (TPSA) is 76.3 Å². The molecule has 0 N–H and O–H groups in total. The number of carbonyl (C=O) groups excluding carboxylic acids is 1. The Morgan fingerprint density at radius 3 is 2.45 bits per heavy atom. The van der Waals surface area contributed by atoms with Gasteiger partial charge in [-0.15, -0.1) is 0 Å². The molecule has 1 fully saturated rings. The largest absolute Gasteiger partial charge is 0.369 e. The highest BCUT2D eigenvalue weighted by molar-refractivity contribution is 6.32. The Bertz CT molecular complexity index is 1090. The van der Waals surface area contributed by atoms with Gasteiger partial charge >= 0.3 is 5.69 Å². The van der Waals surface area contributed by atoms with Crippen LogP contribution in [0, 0.1) is 0 Å². The second kappa shape index (κ2) is 8.26. The van der Waals surface area contributed by atoms with Crippen LogP contribution in [0.1, 0.15) is 0 Å². The zero-order valence-corrected chi connectivity index (χ0v) is 16.9. The normalized spacial score (nSPS) is 14.3. The van der Waals surface area contributed by atoms with Crippen molar-refractivity contribution in [2.45, 2.75) is 6.54 Å². The minimum atomic E-state index is -0.510. The zero-order valence-electron chi connectivity index (χ0n) is 15.4. The van der Waals surface area contributed by atoms with Crippen molar-refractivity contribution in [3.8, 4) is 5.69 Å². The Kier molecular flexibility index (Phi) is 5.55. The molecule has 150 valence electrons. The summed E-state index contributed by atoms with van der Waals surface area (Å²) in [6.45, 7) is 2.32. The zero-order chi connectivity index (χ0) is 20.4. The molecule has 10 heteroatoms. The van der Waals surface area contributed by atoms with Crippen LogP contribution < -0.4 is 10.6 Å². The fourth-order valence-corrected chi connectivity index (χ4v) is 3.66. The third-order valence-electron chi connectivity index (χ3n) is 4.81. The summed E-state index contributed by atoms with van der Waals surface area (Å²) >= 11 is 12.2. The van der Waals surface area contributed by atoms with Gasteiger partial charge in [-0.1, -0.05) is 41.4 Å². The molecule has 3 aromatic rings. The number of tetrazole rings is 1. The predicted octanol–water partition coefficient (Wildman–Crippen LogP) is 2.08. The Balaban J connectivity index is 1.41. The van der Waals surface area contributed by atoms with Gasteiger partial charge in [0.1, 0.15) is 6.54 Å². The lowest BCUT2D eigenvalue weighted by Crippen LogP contribution is -2.50. The summed E-state index contributed by atoms with van der Waals surface area (Å²) < 4.78 is 2.14. The number of para-hydroxylation sites is 1. The second-order valence-electron chi connectivity index (χ2n) is 6.63. The van der Waals surface area contributed by atoms with Gasteiger partial charge in [0, 0.05) is 36.9 Å². The van der Waals surface area contributed by atoms with Gasteiger partial charge in [-0.2, -0.15) is 9.36 Å². The van der Waals surface area contributed by atoms with Gasteiger partial charge in [0.15, 0.2) is 0 Å². The maximum atomic E-state index is 12.7. The molecule has 0 aliphatic carbocycles. The molecule has 1 aliphatic rings. The number of anilines is 1. The van der Waals surface area contributed by atoms with Crippen molar-refractivity contribution < 1.29 is 4.79 Å². The van der Waals surface area contributed by atoms with Crippen LogP contribution in [0.2, 0.25) is 10.0 Å². The number of rotatable bonds is 4. The minimum absolute atomic E-state index is 0.166. The lowest BCUT2D eigenvalue weighted by Gasteiger charge is -2.36. The van der Waals surface area contributed by atoms with E-state index in [-0.39, 0.29) is 12.5 Å². The van der Waals surface area contributed by atoms with Crippen LogP contribution >= 0.6 is 23.2 Å². The van der Waals surface area contributed by atoms with Crippen LogP contribution in [0.15, 0.2) is 53.3 Å². The molecule has 2 heterocycles. The van der Waals surface area contributed by atoms with Crippen molar-refractivity contribution >= 4 is 34.8 Å². The highest BCUT2D eigenvalue weighted by atomic mass is 35.5. The standard InChI is InChI=1S/C19H18Cl2N6O2/c20-14-4-3-5-15(12-14)24-8-10-25(11-9-24)18(28)13-26-19(29)27(23-22-26)17-7-2-1-6-16(17)21/h1-7,12H,8-11,13H2. The molecule has 0 unspecified atom stereocenters. The third kappa shape index (κ3) is 4.13. The van der Waals surface area contributed by atoms with Gasteiger partial charge in [0.2, 0.25) is 5.91 Å². The molecule has 2 aromatic carbocycles. The SMILES string of the molecule is O=C(Cn1nnn(-c2ccccc2Cl)c1=O)N1CCN(c2cccc(Cl)c2)CC1. The molecule has 1 saturated heterocycles. The molecular formula is C19H18Cl2N6O2. The fraction of sp³-hybridized carbons (Fsp3) is 0.263. The van der Waals surface area contributed by atoms with Crippen molar-refractivity contribution in [3.63, 3.8) is 0 Å². The van der Waals surface area contributed by atoms with E-state index in [1.165, 1.54) is 0 Å². The van der Waals surface area contributed by atoms with E-state index < -0.39 is 5.69 Å². The average Bonchev–Trinajstić information content (AvgIpc) is 3.08. The Hall–Kier alpha value is -2.84. The van der Waals surface area contributed by atoms with Crippen LogP contribution in [0.5, 0.6) is 0 Å². The third-order valence-corrected chi connectivity index (χ3v) is 5.37. The average molecular weight is 433 g/mol. The highest BCUT2D eigenvalue weighted by Crippen LogP contribution is 2.21. The number of nitrogens with zero attached hydrogens (tertiary/aromatic N) is 6. The molecule has 8 nitrogen and oxygen atoms in total. The summed E-state index contributed by atoms with van der Waals surface area (Å²) in [6.07, 6.45) is 0. The number of benzene rings is 2. The first kappa shape index (κ1) is 19.5. The molecule has 0 radical (unpaired) electrons. The van der Waals surface area contributed by atoms with Crippen LogP contribution in [0.4, 0.5) is 5.69 Å². The molecule has 0 atom stereocenters. The van der Waals surface area contributed by atoms with E-state index in [0.717, 1.165) is 15.1 Å². The van der Waals surface area contributed by atoms with E-state index in [0.29, 0.717) is 41.9 Å². The van der Waals surface area contributed by atoms with Crippen LogP contribution in [-0.2, 0) is 11.3 Å². The number of aromatic nitrogens is 4. The number of piperazine rings is 1. The molecule has 0 bridgehead atoms. The summed E-state index contributed by atoms with van der Waals surface area (Å²) in [5, 5.41) is 8.73. The highest BCUT2D eigenvalue weighted by Gasteiger charge is 2.23. The summed E-state index contributed by atoms with van der Waals surface area (Å²) in [6, 6.07) is 14.5. The fourth-order valence-electron chi connectivity index (χ4n) is 3.26. The first-order chi connectivity index (χ1) is 14.0. The van der Waals surface area contributed by atoms with E-state index in [1.54, 1.807) is 29.2 Å². The molecule has 1 aliphatic heterocycles. The second-order valence-corrected chi connectivity index (χ2v) is 7.47. The number of halogens is 2. The maximum absolute atomic E-state index is 12.7. The first-order valence-corrected chi connectivity index (χ1v) is 9.84. The molecule has 4 rings (SSSR count). The molecule has 1 amide bonds. The van der Waals surface area contributed by atoms with E-state index in [9.17, 15) is 9.59 Å². The van der Waals surface area contributed by atoms with Crippen LogP contribution in [-0.4, -0.2) is 56.8 Å². The summed E-state index contributed by atoms with van der Waals surface area (Å²) in [5.41, 5.74) is 0.945. The Morgan fingerprint density at radius 2 is 1.72 bits per heavy atom. The molecule has 0 saturated carbocycles. The monoisotopic (exact) mass is 432 g/mol. The van der Waals surface area contributed by atoms with Gasteiger partial charge < -0.3 is 9.80 Å². The summed E-state index contributed by atoms with van der Waals surface area (Å²) in [7, 11) is 0. The van der Waals surface area contributed by atoms with Crippen molar-refractivity contribution in [1.82, 2.24) is 24.7 Å².